The van der Waals surface area contributed by atoms with Gasteiger partial charge in [0.05, 0.1) is 7.11 Å². The average Bonchev–Trinajstić information content (AvgIpc) is 3.29. The summed E-state index contributed by atoms with van der Waals surface area (Å²) in [7, 11) is 1.61. The highest BCUT2D eigenvalue weighted by Gasteiger charge is 2.25. The molecule has 32 heavy (non-hydrogen) atoms. The summed E-state index contributed by atoms with van der Waals surface area (Å²) in [6.07, 6.45) is 0. The highest BCUT2D eigenvalue weighted by Crippen LogP contribution is 2.22. The second-order valence-electron chi connectivity index (χ2n) is 7.50. The number of rotatable bonds is 7. The van der Waals surface area contributed by atoms with Crippen molar-refractivity contribution in [3.63, 3.8) is 0 Å². The molecule has 1 aliphatic rings. The minimum Gasteiger partial charge on any atom is -0.497 e. The van der Waals surface area contributed by atoms with Crippen LogP contribution in [0.5, 0.6) is 11.5 Å². The quantitative estimate of drug-likeness (QED) is 0.517. The summed E-state index contributed by atoms with van der Waals surface area (Å²) in [4.78, 5) is 16.6. The second kappa shape index (κ2) is 10.1. The number of halogens is 2. The molecular formula is C24H24ClFN2O4. The van der Waals surface area contributed by atoms with Gasteiger partial charge >= 0.3 is 0 Å². The van der Waals surface area contributed by atoms with Gasteiger partial charge in [-0.15, -0.1) is 0 Å². The molecule has 0 radical (unpaired) electrons. The molecular weight excluding hydrogens is 435 g/mol. The van der Waals surface area contributed by atoms with Crippen molar-refractivity contribution in [1.29, 1.82) is 0 Å². The van der Waals surface area contributed by atoms with Gasteiger partial charge in [-0.05, 0) is 48.5 Å². The van der Waals surface area contributed by atoms with Gasteiger partial charge in [0.25, 0.3) is 5.91 Å². The van der Waals surface area contributed by atoms with Crippen LogP contribution >= 0.6 is 11.6 Å². The minimum absolute atomic E-state index is 0.163. The zero-order valence-electron chi connectivity index (χ0n) is 17.7. The zero-order valence-corrected chi connectivity index (χ0v) is 18.5. The Labute approximate surface area is 191 Å². The van der Waals surface area contributed by atoms with E-state index in [0.717, 1.165) is 5.75 Å². The van der Waals surface area contributed by atoms with Gasteiger partial charge < -0.3 is 18.8 Å². The molecule has 4 rings (SSSR count). The smallest absolute Gasteiger partial charge is 0.289 e. The summed E-state index contributed by atoms with van der Waals surface area (Å²) in [5, 5.41) is 0.420. The Kier molecular flexibility index (Phi) is 6.97. The number of amides is 1. The van der Waals surface area contributed by atoms with Gasteiger partial charge in [-0.25, -0.2) is 4.39 Å². The Morgan fingerprint density at radius 1 is 1.03 bits per heavy atom. The van der Waals surface area contributed by atoms with Gasteiger partial charge in [0, 0.05) is 43.3 Å². The summed E-state index contributed by atoms with van der Waals surface area (Å²) in [5.74, 6) is 1.81. The van der Waals surface area contributed by atoms with E-state index in [0.29, 0.717) is 54.8 Å². The van der Waals surface area contributed by atoms with Crippen molar-refractivity contribution in [3.05, 3.63) is 82.5 Å². The van der Waals surface area contributed by atoms with Crippen LogP contribution in [0.1, 0.15) is 21.9 Å². The topological polar surface area (TPSA) is 55.2 Å². The van der Waals surface area contributed by atoms with Crippen molar-refractivity contribution in [2.24, 2.45) is 0 Å². The van der Waals surface area contributed by atoms with Crippen LogP contribution in [-0.4, -0.2) is 49.0 Å². The standard InChI is InChI=1S/C24H24ClFN2O4/c1-30-17-5-7-18(8-6-17)31-16-19-9-10-23(32-19)24(29)28-13-11-27(12-14-28)15-20-21(25)3-2-4-22(20)26/h2-10H,11-16H2,1H3. The van der Waals surface area contributed by atoms with Crippen LogP contribution in [0.4, 0.5) is 4.39 Å². The van der Waals surface area contributed by atoms with E-state index < -0.39 is 0 Å². The number of furan rings is 1. The lowest BCUT2D eigenvalue weighted by Crippen LogP contribution is -2.48. The van der Waals surface area contributed by atoms with Gasteiger partial charge in [-0.2, -0.15) is 0 Å². The molecule has 1 aliphatic heterocycles. The van der Waals surface area contributed by atoms with Gasteiger partial charge in [-0.1, -0.05) is 17.7 Å². The van der Waals surface area contributed by atoms with Gasteiger partial charge in [-0.3, -0.25) is 9.69 Å². The Morgan fingerprint density at radius 2 is 1.75 bits per heavy atom. The minimum atomic E-state index is -0.309. The Morgan fingerprint density at radius 3 is 2.44 bits per heavy atom. The van der Waals surface area contributed by atoms with E-state index in [1.165, 1.54) is 6.07 Å². The fourth-order valence-corrected chi connectivity index (χ4v) is 3.79. The molecule has 0 N–H and O–H groups in total. The summed E-state index contributed by atoms with van der Waals surface area (Å²) < 4.78 is 30.6. The molecule has 8 heteroatoms. The maximum atomic E-state index is 14.0. The maximum absolute atomic E-state index is 14.0. The third-order valence-corrected chi connectivity index (χ3v) is 5.77. The predicted octanol–water partition coefficient (Wildman–Crippen LogP) is 4.62. The molecule has 1 aromatic heterocycles. The molecule has 0 atom stereocenters. The van der Waals surface area contributed by atoms with E-state index in [1.54, 1.807) is 36.3 Å². The monoisotopic (exact) mass is 458 g/mol. The number of carbonyl (C=O) groups is 1. The average molecular weight is 459 g/mol. The van der Waals surface area contributed by atoms with Crippen molar-refractivity contribution in [3.8, 4) is 11.5 Å². The van der Waals surface area contributed by atoms with E-state index in [1.807, 2.05) is 24.3 Å². The first kappa shape index (κ1) is 22.2. The van der Waals surface area contributed by atoms with E-state index >= 15 is 0 Å². The number of piperazine rings is 1. The van der Waals surface area contributed by atoms with E-state index in [9.17, 15) is 9.18 Å². The summed E-state index contributed by atoms with van der Waals surface area (Å²) in [5.41, 5.74) is 0.487. The summed E-state index contributed by atoms with van der Waals surface area (Å²) in [6.45, 7) is 2.96. The predicted molar refractivity (Wildman–Crippen MR) is 119 cm³/mol. The van der Waals surface area contributed by atoms with E-state index in [2.05, 4.69) is 4.90 Å². The molecule has 0 aliphatic carbocycles. The number of nitrogens with zero attached hydrogens (tertiary/aromatic N) is 2. The fraction of sp³-hybridized carbons (Fsp3) is 0.292. The molecule has 2 heterocycles. The van der Waals surface area contributed by atoms with Crippen LogP contribution in [0.2, 0.25) is 5.02 Å². The molecule has 2 aromatic carbocycles. The first-order valence-corrected chi connectivity index (χ1v) is 10.7. The molecule has 0 bridgehead atoms. The van der Waals surface area contributed by atoms with E-state index in [4.69, 9.17) is 25.5 Å². The normalized spacial score (nSPS) is 14.4. The van der Waals surface area contributed by atoms with Crippen molar-refractivity contribution < 1.29 is 23.1 Å². The van der Waals surface area contributed by atoms with Crippen LogP contribution in [-0.2, 0) is 13.2 Å². The van der Waals surface area contributed by atoms with Crippen molar-refractivity contribution in [1.82, 2.24) is 9.80 Å². The van der Waals surface area contributed by atoms with Crippen LogP contribution in [0.3, 0.4) is 0 Å². The number of methoxy groups -OCH3 is 1. The lowest BCUT2D eigenvalue weighted by Gasteiger charge is -2.34. The van der Waals surface area contributed by atoms with Gasteiger partial charge in [0.2, 0.25) is 0 Å². The molecule has 168 valence electrons. The molecule has 3 aromatic rings. The van der Waals surface area contributed by atoms with E-state index in [-0.39, 0.29) is 24.1 Å². The molecule has 0 saturated carbocycles. The van der Waals surface area contributed by atoms with Crippen LogP contribution in [0.15, 0.2) is 59.0 Å². The van der Waals surface area contributed by atoms with Crippen molar-refractivity contribution >= 4 is 17.5 Å². The van der Waals surface area contributed by atoms with Crippen molar-refractivity contribution in [2.75, 3.05) is 33.3 Å². The Balaban J connectivity index is 1.28. The molecule has 6 nitrogen and oxygen atoms in total. The van der Waals surface area contributed by atoms with Gasteiger partial charge in [0.15, 0.2) is 5.76 Å². The first-order valence-electron chi connectivity index (χ1n) is 10.3. The zero-order chi connectivity index (χ0) is 22.5. The number of hydrogen-bond donors (Lipinski definition) is 0. The summed E-state index contributed by atoms with van der Waals surface area (Å²) >= 11 is 6.13. The molecule has 0 unspecified atom stereocenters. The molecule has 1 saturated heterocycles. The highest BCUT2D eigenvalue weighted by molar-refractivity contribution is 6.31. The number of ether oxygens (including phenoxy) is 2. The lowest BCUT2D eigenvalue weighted by molar-refractivity contribution is 0.0593. The van der Waals surface area contributed by atoms with Crippen LogP contribution in [0, 0.1) is 5.82 Å². The van der Waals surface area contributed by atoms with Crippen LogP contribution in [0.25, 0.3) is 0 Å². The highest BCUT2D eigenvalue weighted by atomic mass is 35.5. The van der Waals surface area contributed by atoms with Crippen LogP contribution < -0.4 is 9.47 Å². The third kappa shape index (κ3) is 5.23. The Bertz CT molecular complexity index is 1040. The number of benzene rings is 2. The van der Waals surface area contributed by atoms with Gasteiger partial charge in [0.1, 0.15) is 29.7 Å². The maximum Gasteiger partial charge on any atom is 0.289 e. The largest absolute Gasteiger partial charge is 0.497 e. The second-order valence-corrected chi connectivity index (χ2v) is 7.91. The first-order chi connectivity index (χ1) is 15.5. The molecule has 0 spiro atoms. The lowest BCUT2D eigenvalue weighted by atomic mass is 10.2. The number of hydrogen-bond acceptors (Lipinski definition) is 5. The third-order valence-electron chi connectivity index (χ3n) is 5.42. The molecule has 1 amide bonds. The fourth-order valence-electron chi connectivity index (χ4n) is 3.57. The summed E-state index contributed by atoms with van der Waals surface area (Å²) in [6, 6.07) is 15.3. The molecule has 1 fully saturated rings. The van der Waals surface area contributed by atoms with Crippen molar-refractivity contribution in [2.45, 2.75) is 13.2 Å². The SMILES string of the molecule is COc1ccc(OCc2ccc(C(=O)N3CCN(Cc4c(F)cccc4Cl)CC3)o2)cc1. The Hall–Kier alpha value is -3.03. The number of carbonyl (C=O) groups excluding carboxylic acids is 1.